The highest BCUT2D eigenvalue weighted by Gasteiger charge is 2.21. The monoisotopic (exact) mass is 319 g/mol. The number of carbonyl (C=O) groups is 1. The van der Waals surface area contributed by atoms with Gasteiger partial charge in [-0.15, -0.1) is 0 Å². The lowest BCUT2D eigenvalue weighted by Gasteiger charge is -2.34. The molecule has 120 valence electrons. The summed E-state index contributed by atoms with van der Waals surface area (Å²) in [6.07, 6.45) is 2.18. The Labute approximate surface area is 137 Å². The zero-order valence-electron chi connectivity index (χ0n) is 13.3. The van der Waals surface area contributed by atoms with Crippen molar-refractivity contribution in [3.8, 4) is 0 Å². The van der Waals surface area contributed by atoms with Gasteiger partial charge in [0.15, 0.2) is 0 Å². The van der Waals surface area contributed by atoms with E-state index in [2.05, 4.69) is 34.3 Å². The second-order valence-electron chi connectivity index (χ2n) is 6.24. The Kier molecular flexibility index (Phi) is 5.26. The molecule has 0 bridgehead atoms. The second kappa shape index (κ2) is 7.38. The number of hydrogen-bond acceptors (Lipinski definition) is 4. The summed E-state index contributed by atoms with van der Waals surface area (Å²) in [5, 5.41) is 3.07. The Morgan fingerprint density at radius 2 is 1.91 bits per heavy atom. The summed E-state index contributed by atoms with van der Waals surface area (Å²) in [6.45, 7) is 4.36. The van der Waals surface area contributed by atoms with Crippen molar-refractivity contribution in [2.45, 2.75) is 12.8 Å². The number of nitrogens with zero attached hydrogens (tertiary/aromatic N) is 2. The highest BCUT2D eigenvalue weighted by Crippen LogP contribution is 2.25. The van der Waals surface area contributed by atoms with E-state index >= 15 is 0 Å². The molecule has 1 N–H and O–H groups in total. The van der Waals surface area contributed by atoms with Crippen molar-refractivity contribution in [3.05, 3.63) is 24.3 Å². The molecule has 1 amide bonds. The average Bonchev–Trinajstić information content (AvgIpc) is 2.57. The van der Waals surface area contributed by atoms with Crippen LogP contribution in [0.25, 0.3) is 0 Å². The second-order valence-corrected chi connectivity index (χ2v) is 7.39. The molecule has 1 unspecified atom stereocenters. The molecule has 0 spiro atoms. The van der Waals surface area contributed by atoms with Crippen molar-refractivity contribution < 1.29 is 4.79 Å². The topological polar surface area (TPSA) is 35.6 Å². The van der Waals surface area contributed by atoms with Crippen LogP contribution >= 0.6 is 11.8 Å². The number of likely N-dealkylation sites (N-methyl/N-ethyl adjacent to an activating group) is 1. The van der Waals surface area contributed by atoms with Gasteiger partial charge in [0, 0.05) is 49.2 Å². The average molecular weight is 319 g/mol. The standard InChI is InChI=1S/C17H25N3OS/c1-19-8-10-20(11-9-19)16-6-4-15(5-7-16)18-17(21)14-3-2-12-22-13-14/h4-7,14H,2-3,8-13H2,1H3,(H,18,21). The van der Waals surface area contributed by atoms with Crippen LogP contribution in [0.15, 0.2) is 24.3 Å². The van der Waals surface area contributed by atoms with Gasteiger partial charge in [0.25, 0.3) is 0 Å². The van der Waals surface area contributed by atoms with E-state index in [0.717, 1.165) is 50.5 Å². The van der Waals surface area contributed by atoms with Gasteiger partial charge in [0.05, 0.1) is 0 Å². The smallest absolute Gasteiger partial charge is 0.228 e. The predicted molar refractivity (Wildman–Crippen MR) is 94.8 cm³/mol. The van der Waals surface area contributed by atoms with Gasteiger partial charge in [0.2, 0.25) is 5.91 Å². The molecule has 2 aliphatic rings. The maximum absolute atomic E-state index is 12.2. The first-order chi connectivity index (χ1) is 10.7. The molecule has 4 nitrogen and oxygen atoms in total. The lowest BCUT2D eigenvalue weighted by molar-refractivity contribution is -0.119. The number of anilines is 2. The van der Waals surface area contributed by atoms with Crippen LogP contribution in [-0.4, -0.2) is 55.5 Å². The van der Waals surface area contributed by atoms with Gasteiger partial charge in [-0.25, -0.2) is 0 Å². The number of rotatable bonds is 3. The van der Waals surface area contributed by atoms with E-state index < -0.39 is 0 Å². The van der Waals surface area contributed by atoms with E-state index in [0.29, 0.717) is 0 Å². The first-order valence-corrected chi connectivity index (χ1v) is 9.30. The van der Waals surface area contributed by atoms with E-state index in [1.165, 1.54) is 11.4 Å². The molecule has 1 aromatic carbocycles. The first kappa shape index (κ1) is 15.7. The van der Waals surface area contributed by atoms with E-state index in [1.807, 2.05) is 23.9 Å². The Bertz CT molecular complexity index is 491. The van der Waals surface area contributed by atoms with Crippen LogP contribution in [0.3, 0.4) is 0 Å². The van der Waals surface area contributed by atoms with Gasteiger partial charge in [-0.05, 0) is 49.9 Å². The molecule has 1 aromatic rings. The van der Waals surface area contributed by atoms with E-state index in [1.54, 1.807) is 0 Å². The van der Waals surface area contributed by atoms with Gasteiger partial charge in [0.1, 0.15) is 0 Å². The molecule has 5 heteroatoms. The maximum Gasteiger partial charge on any atom is 0.228 e. The number of thioether (sulfide) groups is 1. The number of hydrogen-bond donors (Lipinski definition) is 1. The Morgan fingerprint density at radius 3 is 2.55 bits per heavy atom. The van der Waals surface area contributed by atoms with Crippen LogP contribution in [-0.2, 0) is 4.79 Å². The minimum Gasteiger partial charge on any atom is -0.369 e. The quantitative estimate of drug-likeness (QED) is 0.929. The fourth-order valence-corrected chi connectivity index (χ4v) is 4.15. The van der Waals surface area contributed by atoms with Crippen LogP contribution in [0, 0.1) is 5.92 Å². The van der Waals surface area contributed by atoms with Crippen molar-refractivity contribution >= 4 is 29.0 Å². The third kappa shape index (κ3) is 3.96. The summed E-state index contributed by atoms with van der Waals surface area (Å²) in [6, 6.07) is 8.30. The normalized spacial score (nSPS) is 23.3. The number of benzene rings is 1. The van der Waals surface area contributed by atoms with Gasteiger partial charge < -0.3 is 15.1 Å². The number of amides is 1. The minimum absolute atomic E-state index is 0.177. The van der Waals surface area contributed by atoms with Crippen molar-refractivity contribution in [1.82, 2.24) is 4.90 Å². The molecule has 3 rings (SSSR count). The molecule has 1 atom stereocenters. The van der Waals surface area contributed by atoms with Gasteiger partial charge in [-0.3, -0.25) is 4.79 Å². The largest absolute Gasteiger partial charge is 0.369 e. The molecule has 2 saturated heterocycles. The molecular weight excluding hydrogens is 294 g/mol. The summed E-state index contributed by atoms with van der Waals surface area (Å²) in [5.74, 6) is 2.52. The molecule has 2 fully saturated rings. The SMILES string of the molecule is CN1CCN(c2ccc(NC(=O)C3CCCSC3)cc2)CC1. The molecule has 2 heterocycles. The summed E-state index contributed by atoms with van der Waals surface area (Å²) in [5.41, 5.74) is 2.16. The van der Waals surface area contributed by atoms with Crippen LogP contribution in [0.5, 0.6) is 0 Å². The zero-order chi connectivity index (χ0) is 15.4. The molecule has 0 aromatic heterocycles. The van der Waals surface area contributed by atoms with Gasteiger partial charge >= 0.3 is 0 Å². The van der Waals surface area contributed by atoms with E-state index in [9.17, 15) is 4.79 Å². The molecule has 0 radical (unpaired) electrons. The Hall–Kier alpha value is -1.20. The lowest BCUT2D eigenvalue weighted by atomic mass is 10.0. The first-order valence-electron chi connectivity index (χ1n) is 8.14. The number of carbonyl (C=O) groups excluding carboxylic acids is 1. The Morgan fingerprint density at radius 1 is 1.18 bits per heavy atom. The fraction of sp³-hybridized carbons (Fsp3) is 0.588. The van der Waals surface area contributed by atoms with Crippen LogP contribution < -0.4 is 10.2 Å². The predicted octanol–water partition coefficient (Wildman–Crippen LogP) is 2.52. The maximum atomic E-state index is 12.2. The number of nitrogens with one attached hydrogen (secondary N) is 1. The van der Waals surface area contributed by atoms with E-state index in [4.69, 9.17) is 0 Å². The van der Waals surface area contributed by atoms with Gasteiger partial charge in [-0.2, -0.15) is 11.8 Å². The number of piperazine rings is 1. The van der Waals surface area contributed by atoms with Crippen molar-refractivity contribution in [2.75, 3.05) is 54.9 Å². The van der Waals surface area contributed by atoms with Gasteiger partial charge in [-0.1, -0.05) is 0 Å². The molecule has 0 saturated carbocycles. The molecule has 0 aliphatic carbocycles. The fourth-order valence-electron chi connectivity index (χ4n) is 3.01. The lowest BCUT2D eigenvalue weighted by Crippen LogP contribution is -2.44. The van der Waals surface area contributed by atoms with Crippen molar-refractivity contribution in [2.24, 2.45) is 5.92 Å². The third-order valence-electron chi connectivity index (χ3n) is 4.53. The van der Waals surface area contributed by atoms with Crippen LogP contribution in [0.4, 0.5) is 11.4 Å². The minimum atomic E-state index is 0.177. The zero-order valence-corrected chi connectivity index (χ0v) is 14.1. The highest BCUT2D eigenvalue weighted by molar-refractivity contribution is 7.99. The van der Waals surface area contributed by atoms with Crippen molar-refractivity contribution in [1.29, 1.82) is 0 Å². The molecule has 22 heavy (non-hydrogen) atoms. The van der Waals surface area contributed by atoms with Crippen molar-refractivity contribution in [3.63, 3.8) is 0 Å². The summed E-state index contributed by atoms with van der Waals surface area (Å²) < 4.78 is 0. The summed E-state index contributed by atoms with van der Waals surface area (Å²) in [4.78, 5) is 17.0. The van der Waals surface area contributed by atoms with Crippen LogP contribution in [0.1, 0.15) is 12.8 Å². The molecule has 2 aliphatic heterocycles. The molecular formula is C17H25N3OS. The van der Waals surface area contributed by atoms with Crippen LogP contribution in [0.2, 0.25) is 0 Å². The Balaban J connectivity index is 1.56. The summed E-state index contributed by atoms with van der Waals surface area (Å²) >= 11 is 1.89. The van der Waals surface area contributed by atoms with E-state index in [-0.39, 0.29) is 11.8 Å². The highest BCUT2D eigenvalue weighted by atomic mass is 32.2. The third-order valence-corrected chi connectivity index (χ3v) is 5.75. The summed E-state index contributed by atoms with van der Waals surface area (Å²) in [7, 11) is 2.17.